The molecule has 1 rings (SSSR count). The molecule has 0 saturated carbocycles. The molecular weight excluding hydrogens is 300 g/mol. The molecule has 0 bridgehead atoms. The van der Waals surface area contributed by atoms with Gasteiger partial charge in [-0.25, -0.2) is 4.79 Å². The minimum absolute atomic E-state index is 0.0661. The summed E-state index contributed by atoms with van der Waals surface area (Å²) < 4.78 is 4.91. The maximum absolute atomic E-state index is 11.8. The number of alkyl halides is 1. The molecule has 0 aliphatic heterocycles. The lowest BCUT2D eigenvalue weighted by atomic mass is 9.98. The second kappa shape index (κ2) is 7.06. The molecule has 1 aromatic carbocycles. The molecule has 0 fully saturated rings. The fraction of sp³-hybridized carbons (Fsp3) is 0.308. The summed E-state index contributed by atoms with van der Waals surface area (Å²) in [6.45, 7) is 1.91. The predicted molar refractivity (Wildman–Crippen MR) is 70.3 cm³/mol. The Bertz CT molecular complexity index is 468. The smallest absolute Gasteiger partial charge is 0.339 e. The number of esters is 1. The highest BCUT2D eigenvalue weighted by atomic mass is 79.9. The van der Waals surface area contributed by atoms with Gasteiger partial charge in [0.25, 0.3) is 0 Å². The molecule has 0 unspecified atom stereocenters. The lowest BCUT2D eigenvalue weighted by Gasteiger charge is -2.10. The first-order valence-corrected chi connectivity index (χ1v) is 6.58. The summed E-state index contributed by atoms with van der Waals surface area (Å²) >= 11 is 3.06. The van der Waals surface area contributed by atoms with Crippen molar-refractivity contribution in [2.75, 3.05) is 11.9 Å². The van der Waals surface area contributed by atoms with Crippen LogP contribution < -0.4 is 0 Å². The third-order valence-electron chi connectivity index (χ3n) is 2.33. The molecule has 0 aromatic heterocycles. The van der Waals surface area contributed by atoms with Crippen molar-refractivity contribution < 1.29 is 19.1 Å². The van der Waals surface area contributed by atoms with Crippen LogP contribution in [0.3, 0.4) is 0 Å². The molecule has 0 amide bonds. The highest BCUT2D eigenvalue weighted by molar-refractivity contribution is 9.09. The Kier molecular flexibility index (Phi) is 5.71. The van der Waals surface area contributed by atoms with Crippen molar-refractivity contribution in [1.82, 2.24) is 0 Å². The molecule has 0 aliphatic rings. The molecule has 0 aliphatic carbocycles. The van der Waals surface area contributed by atoms with E-state index in [0.717, 1.165) is 0 Å². The molecule has 96 valence electrons. The number of carbonyl (C=O) groups is 3. The van der Waals surface area contributed by atoms with Crippen LogP contribution in [0.1, 0.15) is 33.2 Å². The van der Waals surface area contributed by atoms with E-state index in [1.54, 1.807) is 19.1 Å². The fourth-order valence-corrected chi connectivity index (χ4v) is 1.78. The summed E-state index contributed by atoms with van der Waals surface area (Å²) in [5, 5.41) is 0.209. The van der Waals surface area contributed by atoms with Crippen molar-refractivity contribution in [2.45, 2.75) is 13.3 Å². The van der Waals surface area contributed by atoms with Crippen molar-refractivity contribution in [3.05, 3.63) is 34.9 Å². The number of carbonyl (C=O) groups excluding carboxylic acids is 3. The van der Waals surface area contributed by atoms with Gasteiger partial charge >= 0.3 is 5.97 Å². The van der Waals surface area contributed by atoms with Crippen molar-refractivity contribution >= 4 is 34.0 Å². The van der Waals surface area contributed by atoms with Gasteiger partial charge in [0.05, 0.1) is 17.5 Å². The number of Topliss-reactive ketones (excluding diaryl/α,β-unsaturated/α-hetero) is 1. The number of aldehydes is 1. The van der Waals surface area contributed by atoms with Gasteiger partial charge in [-0.1, -0.05) is 34.1 Å². The average molecular weight is 313 g/mol. The van der Waals surface area contributed by atoms with Gasteiger partial charge in [0.1, 0.15) is 5.78 Å². The van der Waals surface area contributed by atoms with E-state index in [0.29, 0.717) is 11.8 Å². The molecule has 0 spiro atoms. The largest absolute Gasteiger partial charge is 0.462 e. The van der Waals surface area contributed by atoms with Crippen LogP contribution >= 0.6 is 15.9 Å². The Labute approximate surface area is 113 Å². The fourth-order valence-electron chi connectivity index (χ4n) is 1.58. The maximum atomic E-state index is 11.8. The van der Waals surface area contributed by atoms with Crippen molar-refractivity contribution in [2.24, 2.45) is 0 Å². The number of rotatable bonds is 6. The van der Waals surface area contributed by atoms with Crippen LogP contribution in [0.2, 0.25) is 0 Å². The minimum atomic E-state index is -0.572. The van der Waals surface area contributed by atoms with E-state index in [2.05, 4.69) is 15.9 Å². The normalized spacial score (nSPS) is 9.89. The van der Waals surface area contributed by atoms with E-state index in [4.69, 9.17) is 4.74 Å². The molecule has 1 aromatic rings. The Morgan fingerprint density at radius 2 is 2.11 bits per heavy atom. The van der Waals surface area contributed by atoms with Crippen LogP contribution in [0, 0.1) is 0 Å². The van der Waals surface area contributed by atoms with E-state index < -0.39 is 5.97 Å². The third kappa shape index (κ3) is 3.50. The lowest BCUT2D eigenvalue weighted by molar-refractivity contribution is -0.115. The summed E-state index contributed by atoms with van der Waals surface area (Å²) in [4.78, 5) is 34.2. The molecular formula is C13H13BrO4. The second-order valence-corrected chi connectivity index (χ2v) is 4.13. The number of hydrogen-bond donors (Lipinski definition) is 0. The molecule has 0 heterocycles. The van der Waals surface area contributed by atoms with Gasteiger partial charge in [-0.2, -0.15) is 0 Å². The standard InChI is InChI=1S/C13H13BrO4/c1-2-18-13(17)12-9(6-11(16)7-14)4-3-5-10(12)8-15/h3-5,8H,2,6-7H2,1H3. The minimum Gasteiger partial charge on any atom is -0.462 e. The van der Waals surface area contributed by atoms with E-state index in [1.165, 1.54) is 6.07 Å². The number of halogens is 1. The zero-order valence-electron chi connectivity index (χ0n) is 9.94. The van der Waals surface area contributed by atoms with Gasteiger partial charge in [-0.05, 0) is 12.5 Å². The SMILES string of the molecule is CCOC(=O)c1c(C=O)cccc1CC(=O)CBr. The molecule has 0 atom stereocenters. The quantitative estimate of drug-likeness (QED) is 0.459. The molecule has 0 radical (unpaired) electrons. The van der Waals surface area contributed by atoms with E-state index in [9.17, 15) is 14.4 Å². The average Bonchev–Trinajstić information content (AvgIpc) is 2.38. The van der Waals surface area contributed by atoms with Gasteiger partial charge < -0.3 is 4.74 Å². The summed E-state index contributed by atoms with van der Waals surface area (Å²) in [5.74, 6) is -0.638. The molecule has 4 nitrogen and oxygen atoms in total. The molecule has 0 saturated heterocycles. The van der Waals surface area contributed by atoms with Gasteiger partial charge in [0.2, 0.25) is 0 Å². The van der Waals surface area contributed by atoms with E-state index >= 15 is 0 Å². The van der Waals surface area contributed by atoms with Gasteiger partial charge in [0, 0.05) is 12.0 Å². The number of ketones is 1. The summed E-state index contributed by atoms with van der Waals surface area (Å²) in [6, 6.07) is 4.82. The van der Waals surface area contributed by atoms with Gasteiger partial charge in [0.15, 0.2) is 6.29 Å². The van der Waals surface area contributed by atoms with Gasteiger partial charge in [-0.15, -0.1) is 0 Å². The predicted octanol–water partition coefficient (Wildman–Crippen LogP) is 2.18. The molecule has 0 N–H and O–H groups in total. The topological polar surface area (TPSA) is 60.4 Å². The first-order chi connectivity index (χ1) is 8.63. The Morgan fingerprint density at radius 3 is 2.67 bits per heavy atom. The number of hydrogen-bond acceptors (Lipinski definition) is 4. The van der Waals surface area contributed by atoms with E-state index in [-0.39, 0.29) is 35.3 Å². The zero-order valence-corrected chi connectivity index (χ0v) is 11.5. The monoisotopic (exact) mass is 312 g/mol. The first-order valence-electron chi connectivity index (χ1n) is 5.45. The first kappa shape index (κ1) is 14.6. The lowest BCUT2D eigenvalue weighted by Crippen LogP contribution is -2.14. The van der Waals surface area contributed by atoms with E-state index in [1.807, 2.05) is 0 Å². The summed E-state index contributed by atoms with van der Waals surface area (Å²) in [5.41, 5.74) is 0.944. The third-order valence-corrected chi connectivity index (χ3v) is 2.95. The van der Waals surface area contributed by atoms with Gasteiger partial charge in [-0.3, -0.25) is 9.59 Å². The Morgan fingerprint density at radius 1 is 1.39 bits per heavy atom. The highest BCUT2D eigenvalue weighted by Crippen LogP contribution is 2.16. The van der Waals surface area contributed by atoms with Crippen molar-refractivity contribution in [3.63, 3.8) is 0 Å². The van der Waals surface area contributed by atoms with Crippen LogP contribution in [0.4, 0.5) is 0 Å². The number of benzene rings is 1. The van der Waals surface area contributed by atoms with Crippen molar-refractivity contribution in [1.29, 1.82) is 0 Å². The van der Waals surface area contributed by atoms with Crippen LogP contribution in [0.15, 0.2) is 18.2 Å². The highest BCUT2D eigenvalue weighted by Gasteiger charge is 2.18. The van der Waals surface area contributed by atoms with Crippen LogP contribution in [-0.2, 0) is 16.0 Å². The van der Waals surface area contributed by atoms with Crippen LogP contribution in [0.5, 0.6) is 0 Å². The van der Waals surface area contributed by atoms with Crippen LogP contribution in [0.25, 0.3) is 0 Å². The maximum Gasteiger partial charge on any atom is 0.339 e. The Balaban J connectivity index is 3.19. The second-order valence-electron chi connectivity index (χ2n) is 3.57. The Hall–Kier alpha value is -1.49. The zero-order chi connectivity index (χ0) is 13.5. The summed E-state index contributed by atoms with van der Waals surface area (Å²) in [6.07, 6.45) is 0.690. The number of ether oxygens (including phenoxy) is 1. The van der Waals surface area contributed by atoms with Crippen LogP contribution in [-0.4, -0.2) is 30.0 Å². The molecule has 18 heavy (non-hydrogen) atoms. The van der Waals surface area contributed by atoms with Crippen molar-refractivity contribution in [3.8, 4) is 0 Å². The molecule has 5 heteroatoms. The summed E-state index contributed by atoms with van der Waals surface area (Å²) in [7, 11) is 0.